The van der Waals surface area contributed by atoms with E-state index >= 15 is 0 Å². The fourth-order valence-electron chi connectivity index (χ4n) is 8.73. The van der Waals surface area contributed by atoms with E-state index in [0.717, 1.165) is 34.1 Å². The minimum Gasteiger partial charge on any atom is -0.310 e. The second kappa shape index (κ2) is 15.8. The predicted molar refractivity (Wildman–Crippen MR) is 263 cm³/mol. The number of para-hydroxylation sites is 1. The van der Waals surface area contributed by atoms with Crippen LogP contribution in [-0.2, 0) is 0 Å². The van der Waals surface area contributed by atoms with E-state index in [1.165, 1.54) is 64.3 Å². The number of hydrogen-bond donors (Lipinski definition) is 0. The molecule has 0 spiro atoms. The third kappa shape index (κ3) is 6.81. The molecule has 0 saturated carbocycles. The molecule has 61 heavy (non-hydrogen) atoms. The van der Waals surface area contributed by atoms with E-state index in [-0.39, 0.29) is 0 Å². The van der Waals surface area contributed by atoms with Crippen molar-refractivity contribution in [3.05, 3.63) is 243 Å². The summed E-state index contributed by atoms with van der Waals surface area (Å²) in [6, 6.07) is 87.8. The highest BCUT2D eigenvalue weighted by Gasteiger charge is 2.25. The van der Waals surface area contributed by atoms with Crippen LogP contribution in [0.4, 0.5) is 34.1 Å². The van der Waals surface area contributed by atoms with E-state index in [1.807, 2.05) is 11.3 Å². The minimum atomic E-state index is 1.09. The van der Waals surface area contributed by atoms with Gasteiger partial charge < -0.3 is 9.80 Å². The molecule has 10 aromatic carbocycles. The topological polar surface area (TPSA) is 6.48 Å². The number of hydrogen-bond acceptors (Lipinski definition) is 3. The first kappa shape index (κ1) is 36.4. The summed E-state index contributed by atoms with van der Waals surface area (Å²) >= 11 is 1.87. The molecule has 11 rings (SSSR count). The molecule has 0 aliphatic carbocycles. The van der Waals surface area contributed by atoms with Gasteiger partial charge in [-0.2, -0.15) is 0 Å². The molecule has 0 bridgehead atoms. The van der Waals surface area contributed by atoms with Gasteiger partial charge in [-0.05, 0) is 111 Å². The Morgan fingerprint density at radius 3 is 1.33 bits per heavy atom. The Morgan fingerprint density at radius 2 is 0.721 bits per heavy atom. The SMILES string of the molecule is c1ccc(-c2ccc(N(c3ccccc3)c3ccc(N(c4ccc(-c5ccccc5)cc4)c4cccc(-c5ccccc5)c4)c4c3sc3ccc5ccccc5c34)cc2)cc1. The zero-order chi connectivity index (χ0) is 40.5. The standard InChI is InChI=1S/C58H40N2S/c1-5-16-41(17-6-1)44-28-33-49(34-29-44)59(48-24-11-4-12-25-48)54-38-37-53(57-56-52-27-14-13-22-46(52)32-39-55(56)61-58(54)57)60(50-35-30-45(31-36-50)42-18-7-2-8-19-42)51-26-15-23-47(40-51)43-20-9-3-10-21-43/h1-40H. The van der Waals surface area contributed by atoms with Gasteiger partial charge in [0.05, 0.1) is 16.1 Å². The number of rotatable bonds is 9. The first-order chi connectivity index (χ1) is 30.3. The summed E-state index contributed by atoms with van der Waals surface area (Å²) in [4.78, 5) is 4.89. The summed E-state index contributed by atoms with van der Waals surface area (Å²) < 4.78 is 2.48. The smallest absolute Gasteiger partial charge is 0.0641 e. The fourth-order valence-corrected chi connectivity index (χ4v) is 9.97. The Labute approximate surface area is 360 Å². The molecule has 2 nitrogen and oxygen atoms in total. The van der Waals surface area contributed by atoms with Crippen molar-refractivity contribution in [3.63, 3.8) is 0 Å². The zero-order valence-electron chi connectivity index (χ0n) is 33.4. The number of thiophene rings is 1. The predicted octanol–water partition coefficient (Wildman–Crippen LogP) is 17.1. The number of anilines is 6. The molecule has 0 N–H and O–H groups in total. The van der Waals surface area contributed by atoms with Crippen LogP contribution >= 0.6 is 11.3 Å². The van der Waals surface area contributed by atoms with Crippen molar-refractivity contribution in [2.45, 2.75) is 0 Å². The van der Waals surface area contributed by atoms with Gasteiger partial charge in [-0.25, -0.2) is 0 Å². The lowest BCUT2D eigenvalue weighted by Crippen LogP contribution is -2.13. The highest BCUT2D eigenvalue weighted by Crippen LogP contribution is 2.52. The Hall–Kier alpha value is -7.72. The van der Waals surface area contributed by atoms with Crippen molar-refractivity contribution in [1.29, 1.82) is 0 Å². The quantitative estimate of drug-likeness (QED) is 0.144. The van der Waals surface area contributed by atoms with Crippen LogP contribution in [0.2, 0.25) is 0 Å². The third-order valence-electron chi connectivity index (χ3n) is 11.6. The fraction of sp³-hybridized carbons (Fsp3) is 0. The third-order valence-corrected chi connectivity index (χ3v) is 12.8. The number of nitrogens with zero attached hydrogens (tertiary/aromatic N) is 2. The zero-order valence-corrected chi connectivity index (χ0v) is 34.2. The van der Waals surface area contributed by atoms with Crippen molar-refractivity contribution in [1.82, 2.24) is 0 Å². The Kier molecular flexibility index (Phi) is 9.42. The molecule has 288 valence electrons. The van der Waals surface area contributed by atoms with E-state index < -0.39 is 0 Å². The first-order valence-electron chi connectivity index (χ1n) is 20.8. The number of fused-ring (bicyclic) bond motifs is 5. The van der Waals surface area contributed by atoms with Gasteiger partial charge in [0.1, 0.15) is 0 Å². The Bertz CT molecular complexity index is 3270. The van der Waals surface area contributed by atoms with E-state index in [1.54, 1.807) is 0 Å². The molecular formula is C58H40N2S. The van der Waals surface area contributed by atoms with Crippen LogP contribution in [0.15, 0.2) is 243 Å². The van der Waals surface area contributed by atoms with Crippen molar-refractivity contribution < 1.29 is 0 Å². The Balaban J connectivity index is 1.18. The van der Waals surface area contributed by atoms with Crippen molar-refractivity contribution in [2.24, 2.45) is 0 Å². The van der Waals surface area contributed by atoms with Gasteiger partial charge in [0.2, 0.25) is 0 Å². The van der Waals surface area contributed by atoms with Crippen LogP contribution in [0.5, 0.6) is 0 Å². The Morgan fingerprint density at radius 1 is 0.279 bits per heavy atom. The average Bonchev–Trinajstić information content (AvgIpc) is 3.75. The number of benzene rings is 10. The molecule has 1 heterocycles. The second-order valence-electron chi connectivity index (χ2n) is 15.3. The molecule has 0 aliphatic heterocycles. The average molecular weight is 797 g/mol. The van der Waals surface area contributed by atoms with E-state index in [9.17, 15) is 0 Å². The first-order valence-corrected chi connectivity index (χ1v) is 21.6. The van der Waals surface area contributed by atoms with Crippen LogP contribution in [0.25, 0.3) is 64.3 Å². The second-order valence-corrected chi connectivity index (χ2v) is 16.4. The van der Waals surface area contributed by atoms with Crippen LogP contribution in [0.1, 0.15) is 0 Å². The largest absolute Gasteiger partial charge is 0.310 e. The molecule has 0 unspecified atom stereocenters. The van der Waals surface area contributed by atoms with Crippen molar-refractivity contribution >= 4 is 76.4 Å². The molecule has 11 aromatic rings. The van der Waals surface area contributed by atoms with Crippen molar-refractivity contribution in [2.75, 3.05) is 9.80 Å². The minimum absolute atomic E-state index is 1.09. The lowest BCUT2D eigenvalue weighted by Gasteiger charge is -2.30. The highest BCUT2D eigenvalue weighted by atomic mass is 32.1. The van der Waals surface area contributed by atoms with E-state index in [2.05, 4.69) is 252 Å². The molecule has 3 heteroatoms. The maximum atomic E-state index is 2.46. The summed E-state index contributed by atoms with van der Waals surface area (Å²) in [5.41, 5.74) is 13.8. The lowest BCUT2D eigenvalue weighted by atomic mass is 9.99. The van der Waals surface area contributed by atoms with Crippen LogP contribution in [-0.4, -0.2) is 0 Å². The van der Waals surface area contributed by atoms with Crippen LogP contribution in [0, 0.1) is 0 Å². The van der Waals surface area contributed by atoms with Gasteiger partial charge in [0, 0.05) is 38.2 Å². The summed E-state index contributed by atoms with van der Waals surface area (Å²) in [5, 5.41) is 4.98. The molecule has 0 aliphatic rings. The normalized spacial score (nSPS) is 11.3. The molecule has 0 atom stereocenters. The maximum absolute atomic E-state index is 2.46. The monoisotopic (exact) mass is 796 g/mol. The summed E-state index contributed by atoms with van der Waals surface area (Å²) in [7, 11) is 0. The molecule has 0 saturated heterocycles. The van der Waals surface area contributed by atoms with Gasteiger partial charge in [0.15, 0.2) is 0 Å². The van der Waals surface area contributed by atoms with Gasteiger partial charge in [-0.3, -0.25) is 0 Å². The summed E-state index contributed by atoms with van der Waals surface area (Å²) in [6.45, 7) is 0. The van der Waals surface area contributed by atoms with Gasteiger partial charge in [0.25, 0.3) is 0 Å². The molecule has 0 fully saturated rings. The summed E-state index contributed by atoms with van der Waals surface area (Å²) in [6.07, 6.45) is 0. The molecule has 0 radical (unpaired) electrons. The van der Waals surface area contributed by atoms with Gasteiger partial charge in [-0.15, -0.1) is 11.3 Å². The molecular weight excluding hydrogens is 757 g/mol. The molecule has 0 amide bonds. The maximum Gasteiger partial charge on any atom is 0.0641 e. The highest BCUT2D eigenvalue weighted by molar-refractivity contribution is 7.26. The van der Waals surface area contributed by atoms with Crippen LogP contribution in [0.3, 0.4) is 0 Å². The summed E-state index contributed by atoms with van der Waals surface area (Å²) in [5.74, 6) is 0. The van der Waals surface area contributed by atoms with Gasteiger partial charge in [-0.1, -0.05) is 176 Å². The van der Waals surface area contributed by atoms with Gasteiger partial charge >= 0.3 is 0 Å². The van der Waals surface area contributed by atoms with E-state index in [4.69, 9.17) is 0 Å². The van der Waals surface area contributed by atoms with Crippen LogP contribution < -0.4 is 9.80 Å². The van der Waals surface area contributed by atoms with Crippen molar-refractivity contribution in [3.8, 4) is 33.4 Å². The molecule has 1 aromatic heterocycles. The van der Waals surface area contributed by atoms with E-state index in [0.29, 0.717) is 0 Å². The lowest BCUT2D eigenvalue weighted by molar-refractivity contribution is 1.28.